The fourth-order valence-corrected chi connectivity index (χ4v) is 4.26. The zero-order valence-corrected chi connectivity index (χ0v) is 18.3. The maximum absolute atomic E-state index is 13.2. The molecule has 1 amide bonds. The molecule has 2 aromatic carbocycles. The van der Waals surface area contributed by atoms with E-state index in [0.29, 0.717) is 13.0 Å². The van der Waals surface area contributed by atoms with Gasteiger partial charge in [0.05, 0.1) is 25.6 Å². The van der Waals surface area contributed by atoms with Crippen molar-refractivity contribution in [3.63, 3.8) is 0 Å². The van der Waals surface area contributed by atoms with Crippen LogP contribution in [0.25, 0.3) is 11.1 Å². The van der Waals surface area contributed by atoms with Crippen molar-refractivity contribution in [3.8, 4) is 11.1 Å². The van der Waals surface area contributed by atoms with Gasteiger partial charge in [-0.15, -0.1) is 0 Å². The zero-order chi connectivity index (χ0) is 22.4. The highest BCUT2D eigenvalue weighted by molar-refractivity contribution is 5.80. The first-order valence-corrected chi connectivity index (χ1v) is 10.6. The highest BCUT2D eigenvalue weighted by atomic mass is 19.1. The first kappa shape index (κ1) is 22.9. The van der Waals surface area contributed by atoms with Gasteiger partial charge < -0.3 is 14.8 Å². The maximum Gasteiger partial charge on any atom is 0.309 e. The SMILES string of the molecule is COC(=O)C1C[C@@H](OC)CC[C@H]1CNC(=O)Cc1cc(-c2ccc(F)cc2)ccc1C. The molecular weight excluding hydrogens is 397 g/mol. The van der Waals surface area contributed by atoms with Crippen LogP contribution in [0.15, 0.2) is 42.5 Å². The molecule has 1 N–H and O–H groups in total. The average molecular weight is 428 g/mol. The molecule has 1 aliphatic rings. The highest BCUT2D eigenvalue weighted by Crippen LogP contribution is 2.32. The van der Waals surface area contributed by atoms with Crippen LogP contribution in [0.1, 0.15) is 30.4 Å². The molecule has 1 unspecified atom stereocenters. The van der Waals surface area contributed by atoms with Crippen molar-refractivity contribution in [1.29, 1.82) is 0 Å². The molecule has 0 aromatic heterocycles. The van der Waals surface area contributed by atoms with Crippen molar-refractivity contribution in [2.45, 2.75) is 38.7 Å². The lowest BCUT2D eigenvalue weighted by Gasteiger charge is -2.33. The van der Waals surface area contributed by atoms with E-state index in [-0.39, 0.29) is 42.1 Å². The van der Waals surface area contributed by atoms with Crippen LogP contribution in [-0.4, -0.2) is 38.7 Å². The number of rotatable bonds is 7. The fourth-order valence-electron chi connectivity index (χ4n) is 4.26. The van der Waals surface area contributed by atoms with E-state index in [2.05, 4.69) is 5.32 Å². The summed E-state index contributed by atoms with van der Waals surface area (Å²) >= 11 is 0. The molecule has 3 atom stereocenters. The maximum atomic E-state index is 13.2. The molecule has 3 rings (SSSR count). The topological polar surface area (TPSA) is 64.6 Å². The Hall–Kier alpha value is -2.73. The number of hydrogen-bond acceptors (Lipinski definition) is 4. The van der Waals surface area contributed by atoms with E-state index < -0.39 is 0 Å². The van der Waals surface area contributed by atoms with Crippen molar-refractivity contribution >= 4 is 11.9 Å². The molecule has 166 valence electrons. The molecule has 5 nitrogen and oxygen atoms in total. The Morgan fingerprint density at radius 2 is 1.77 bits per heavy atom. The highest BCUT2D eigenvalue weighted by Gasteiger charge is 2.36. The van der Waals surface area contributed by atoms with Crippen LogP contribution in [0.2, 0.25) is 0 Å². The van der Waals surface area contributed by atoms with E-state index in [9.17, 15) is 14.0 Å². The Kier molecular flexibility index (Phi) is 7.80. The molecule has 1 saturated carbocycles. The molecule has 2 aromatic rings. The second-order valence-electron chi connectivity index (χ2n) is 8.19. The predicted molar refractivity (Wildman–Crippen MR) is 117 cm³/mol. The standard InChI is InChI=1S/C25H30FNO4/c1-16-4-5-18(17-6-9-21(26)10-7-17)12-20(16)13-24(28)27-15-19-8-11-22(30-2)14-23(19)25(29)31-3/h4-7,9-10,12,19,22-23H,8,11,13-15H2,1-3H3,(H,27,28)/t19-,22-,23?/m0/s1. The van der Waals surface area contributed by atoms with Gasteiger partial charge in [-0.1, -0.05) is 30.3 Å². The van der Waals surface area contributed by atoms with E-state index in [1.165, 1.54) is 19.2 Å². The molecule has 6 heteroatoms. The third kappa shape index (κ3) is 5.91. The van der Waals surface area contributed by atoms with Gasteiger partial charge in [-0.05, 0) is 66.5 Å². The number of ether oxygens (including phenoxy) is 2. The van der Waals surface area contributed by atoms with E-state index in [0.717, 1.165) is 35.1 Å². The molecule has 0 saturated heterocycles. The third-order valence-corrected chi connectivity index (χ3v) is 6.22. The molecule has 1 fully saturated rings. The van der Waals surface area contributed by atoms with Crippen LogP contribution in [0.5, 0.6) is 0 Å². The van der Waals surface area contributed by atoms with E-state index in [1.807, 2.05) is 25.1 Å². The molecule has 1 aliphatic carbocycles. The minimum absolute atomic E-state index is 0.0365. The summed E-state index contributed by atoms with van der Waals surface area (Å²) in [4.78, 5) is 24.9. The van der Waals surface area contributed by atoms with Crippen molar-refractivity contribution in [2.75, 3.05) is 20.8 Å². The van der Waals surface area contributed by atoms with Gasteiger partial charge in [-0.3, -0.25) is 9.59 Å². The number of carbonyl (C=O) groups excluding carboxylic acids is 2. The lowest BCUT2D eigenvalue weighted by molar-refractivity contribution is -0.151. The smallest absolute Gasteiger partial charge is 0.309 e. The van der Waals surface area contributed by atoms with Gasteiger partial charge >= 0.3 is 5.97 Å². The zero-order valence-electron chi connectivity index (χ0n) is 18.3. The number of halogens is 1. The lowest BCUT2D eigenvalue weighted by atomic mass is 9.77. The average Bonchev–Trinajstić information content (AvgIpc) is 2.79. The van der Waals surface area contributed by atoms with Crippen LogP contribution in [-0.2, 0) is 25.5 Å². The lowest BCUT2D eigenvalue weighted by Crippen LogP contribution is -2.41. The summed E-state index contributed by atoms with van der Waals surface area (Å²) in [7, 11) is 3.05. The Bertz CT molecular complexity index is 912. The number of carbonyl (C=O) groups is 2. The van der Waals surface area contributed by atoms with Crippen molar-refractivity contribution in [1.82, 2.24) is 5.32 Å². The first-order chi connectivity index (χ1) is 14.9. The molecular formula is C25H30FNO4. The van der Waals surface area contributed by atoms with E-state index in [4.69, 9.17) is 9.47 Å². The number of benzene rings is 2. The number of methoxy groups -OCH3 is 2. The predicted octanol–water partition coefficient (Wildman–Crippen LogP) is 4.06. The number of amides is 1. The molecule has 0 bridgehead atoms. The quantitative estimate of drug-likeness (QED) is 0.677. The molecule has 31 heavy (non-hydrogen) atoms. The van der Waals surface area contributed by atoms with Crippen LogP contribution in [0, 0.1) is 24.6 Å². The van der Waals surface area contributed by atoms with Crippen molar-refractivity contribution in [2.24, 2.45) is 11.8 Å². The van der Waals surface area contributed by atoms with Gasteiger partial charge in [0.25, 0.3) is 0 Å². The molecule has 0 radical (unpaired) electrons. The van der Waals surface area contributed by atoms with Crippen LogP contribution in [0.3, 0.4) is 0 Å². The van der Waals surface area contributed by atoms with Crippen molar-refractivity contribution in [3.05, 3.63) is 59.4 Å². The summed E-state index contributed by atoms with van der Waals surface area (Å²) < 4.78 is 23.6. The van der Waals surface area contributed by atoms with Gasteiger partial charge in [-0.2, -0.15) is 0 Å². The van der Waals surface area contributed by atoms with Crippen molar-refractivity contribution < 1.29 is 23.5 Å². The summed E-state index contributed by atoms with van der Waals surface area (Å²) in [5.74, 6) is -0.845. The van der Waals surface area contributed by atoms with Gasteiger partial charge in [0.15, 0.2) is 0 Å². The minimum atomic E-state index is -0.278. The summed E-state index contributed by atoms with van der Waals surface area (Å²) in [5.41, 5.74) is 3.79. The van der Waals surface area contributed by atoms with Crippen LogP contribution >= 0.6 is 0 Å². The van der Waals surface area contributed by atoms with Crippen LogP contribution in [0.4, 0.5) is 4.39 Å². The molecule has 0 spiro atoms. The summed E-state index contributed by atoms with van der Waals surface area (Å²) in [6, 6.07) is 12.2. The number of esters is 1. The summed E-state index contributed by atoms with van der Waals surface area (Å²) in [5, 5.41) is 3.00. The number of hydrogen-bond donors (Lipinski definition) is 1. The Morgan fingerprint density at radius 3 is 2.45 bits per heavy atom. The second kappa shape index (κ2) is 10.5. The fraction of sp³-hybridized carbons (Fsp3) is 0.440. The van der Waals surface area contributed by atoms with E-state index in [1.54, 1.807) is 19.2 Å². The van der Waals surface area contributed by atoms with Crippen LogP contribution < -0.4 is 5.32 Å². The largest absolute Gasteiger partial charge is 0.469 e. The molecule has 0 heterocycles. The molecule has 0 aliphatic heterocycles. The normalized spacial score (nSPS) is 20.8. The van der Waals surface area contributed by atoms with Gasteiger partial charge in [0, 0.05) is 13.7 Å². The minimum Gasteiger partial charge on any atom is -0.469 e. The second-order valence-corrected chi connectivity index (χ2v) is 8.19. The summed E-state index contributed by atoms with van der Waals surface area (Å²) in [6.45, 7) is 2.40. The Labute approximate surface area is 182 Å². The Balaban J connectivity index is 1.63. The van der Waals surface area contributed by atoms with Gasteiger partial charge in [0.2, 0.25) is 5.91 Å². The van der Waals surface area contributed by atoms with Gasteiger partial charge in [0.1, 0.15) is 5.82 Å². The monoisotopic (exact) mass is 427 g/mol. The Morgan fingerprint density at radius 1 is 1.06 bits per heavy atom. The van der Waals surface area contributed by atoms with E-state index >= 15 is 0 Å². The summed E-state index contributed by atoms with van der Waals surface area (Å²) in [6.07, 6.45) is 2.58. The van der Waals surface area contributed by atoms with Gasteiger partial charge in [-0.25, -0.2) is 4.39 Å². The number of aryl methyl sites for hydroxylation is 1. The number of nitrogens with one attached hydrogen (secondary N) is 1. The first-order valence-electron chi connectivity index (χ1n) is 10.6. The third-order valence-electron chi connectivity index (χ3n) is 6.22.